The van der Waals surface area contributed by atoms with Gasteiger partial charge in [0, 0.05) is 23.8 Å². The topological polar surface area (TPSA) is 101 Å². The van der Waals surface area contributed by atoms with Crippen molar-refractivity contribution in [2.24, 2.45) is 23.7 Å². The molecule has 0 bridgehead atoms. The molecule has 4 N–H and O–H groups in total. The Morgan fingerprint density at radius 2 is 1.88 bits per heavy atom. The Bertz CT molecular complexity index is 917. The zero-order valence-corrected chi connectivity index (χ0v) is 19.7. The molecule has 0 radical (unpaired) electrons. The average molecular weight is 456 g/mol. The third-order valence-corrected chi connectivity index (χ3v) is 7.92. The van der Waals surface area contributed by atoms with Crippen LogP contribution >= 0.6 is 0 Å². The molecule has 2 heterocycles. The molecule has 0 aromatic carbocycles. The Labute approximate surface area is 196 Å². The number of allylic oxidation sites excluding steroid dienone is 5. The van der Waals surface area contributed by atoms with Gasteiger partial charge in [-0.3, -0.25) is 4.79 Å². The highest BCUT2D eigenvalue weighted by atomic mass is 16.4. The monoisotopic (exact) mass is 455 g/mol. The molecule has 0 aromatic heterocycles. The van der Waals surface area contributed by atoms with Crippen molar-refractivity contribution in [3.8, 4) is 0 Å². The molecule has 9 atom stereocenters. The van der Waals surface area contributed by atoms with Gasteiger partial charge in [-0.1, -0.05) is 73.1 Å². The maximum Gasteiger partial charge on any atom is 0.232 e. The van der Waals surface area contributed by atoms with E-state index in [1.807, 2.05) is 50.3 Å². The summed E-state index contributed by atoms with van der Waals surface area (Å²) in [7, 11) is 0. The minimum Gasteiger partial charge on any atom is -0.389 e. The third-order valence-electron chi connectivity index (χ3n) is 7.92. The molecule has 4 aliphatic rings. The van der Waals surface area contributed by atoms with Gasteiger partial charge >= 0.3 is 0 Å². The fourth-order valence-corrected chi connectivity index (χ4v) is 6.32. The first kappa shape index (κ1) is 24.1. The molecule has 2 saturated heterocycles. The van der Waals surface area contributed by atoms with Gasteiger partial charge in [0.05, 0.1) is 18.1 Å². The standard InChI is InChI=1S/C27H37NO5/c1-4-5-6-7-10-19-15-22(30)27(33)24-17(3)14-18-12-13-21(29)25(31)23(18)16(2)9-8-11-20(24)26(32)28(19)27/h6-9,11-14,18-25,29-31,33H,4-5,10,15H2,1-3H3/b7-6+,11-8-,16-9+,17-14+/t18-,19-,20+,21-,22+,23-,24-,25-,27-/m1/s1. The fraction of sp³-hybridized carbons (Fsp3) is 0.593. The van der Waals surface area contributed by atoms with E-state index in [1.54, 1.807) is 6.08 Å². The quantitative estimate of drug-likeness (QED) is 0.488. The zero-order valence-electron chi connectivity index (χ0n) is 19.7. The summed E-state index contributed by atoms with van der Waals surface area (Å²) in [4.78, 5) is 15.1. The smallest absolute Gasteiger partial charge is 0.232 e. The first-order valence-corrected chi connectivity index (χ1v) is 12.2. The summed E-state index contributed by atoms with van der Waals surface area (Å²) < 4.78 is 0. The first-order valence-electron chi connectivity index (χ1n) is 12.2. The van der Waals surface area contributed by atoms with Crippen molar-refractivity contribution in [3.63, 3.8) is 0 Å². The number of aliphatic hydroxyl groups is 4. The van der Waals surface area contributed by atoms with Crippen molar-refractivity contribution in [2.75, 3.05) is 0 Å². The van der Waals surface area contributed by atoms with Gasteiger partial charge in [0.15, 0.2) is 5.72 Å². The molecule has 1 amide bonds. The van der Waals surface area contributed by atoms with Crippen LogP contribution in [0.4, 0.5) is 0 Å². The molecule has 0 aromatic rings. The number of nitrogens with zero attached hydrogens (tertiary/aromatic N) is 1. The van der Waals surface area contributed by atoms with Crippen LogP contribution in [-0.4, -0.2) is 61.3 Å². The number of carbonyl (C=O) groups is 1. The lowest BCUT2D eigenvalue weighted by Crippen LogP contribution is -2.53. The maximum atomic E-state index is 13.6. The molecule has 6 heteroatoms. The number of carbonyl (C=O) groups excluding carboxylic acids is 1. The largest absolute Gasteiger partial charge is 0.389 e. The molecular formula is C27H37NO5. The second-order valence-corrected chi connectivity index (χ2v) is 10.1. The lowest BCUT2D eigenvalue weighted by molar-refractivity contribution is -0.162. The van der Waals surface area contributed by atoms with Gasteiger partial charge in [-0.05, 0) is 33.1 Å². The molecule has 6 nitrogen and oxygen atoms in total. The second kappa shape index (κ2) is 9.34. The summed E-state index contributed by atoms with van der Waals surface area (Å²) in [6.07, 6.45) is 15.1. The van der Waals surface area contributed by atoms with Crippen LogP contribution in [0, 0.1) is 23.7 Å². The fourth-order valence-electron chi connectivity index (χ4n) is 6.32. The van der Waals surface area contributed by atoms with Gasteiger partial charge in [-0.2, -0.15) is 0 Å². The van der Waals surface area contributed by atoms with Gasteiger partial charge in [-0.15, -0.1) is 0 Å². The molecule has 33 heavy (non-hydrogen) atoms. The molecule has 2 fully saturated rings. The average Bonchev–Trinajstić information content (AvgIpc) is 3.15. The Kier molecular flexibility index (Phi) is 6.83. The van der Waals surface area contributed by atoms with E-state index in [4.69, 9.17) is 0 Å². The van der Waals surface area contributed by atoms with Crippen molar-refractivity contribution in [1.29, 1.82) is 0 Å². The summed E-state index contributed by atoms with van der Waals surface area (Å²) in [6.45, 7) is 5.92. The number of rotatable bonds is 4. The number of hydrogen-bond donors (Lipinski definition) is 4. The third kappa shape index (κ3) is 3.97. The number of amides is 1. The molecule has 0 unspecified atom stereocenters. The van der Waals surface area contributed by atoms with Crippen LogP contribution in [0.3, 0.4) is 0 Å². The van der Waals surface area contributed by atoms with Gasteiger partial charge < -0.3 is 25.3 Å². The van der Waals surface area contributed by atoms with Crippen LogP contribution in [0.1, 0.15) is 46.5 Å². The summed E-state index contributed by atoms with van der Waals surface area (Å²) in [5.74, 6) is -1.83. The van der Waals surface area contributed by atoms with Crippen molar-refractivity contribution < 1.29 is 25.2 Å². The molecule has 0 spiro atoms. The van der Waals surface area contributed by atoms with Crippen LogP contribution in [-0.2, 0) is 4.79 Å². The number of fused-ring (bicyclic) bond motifs is 4. The van der Waals surface area contributed by atoms with Crippen LogP contribution in [0.25, 0.3) is 0 Å². The summed E-state index contributed by atoms with van der Waals surface area (Å²) in [5, 5.41) is 43.7. The highest BCUT2D eigenvalue weighted by Gasteiger charge is 2.66. The molecular weight excluding hydrogens is 418 g/mol. The molecule has 2 aliphatic carbocycles. The van der Waals surface area contributed by atoms with E-state index in [0.717, 1.165) is 24.0 Å². The normalized spacial score (nSPS) is 46.9. The number of aliphatic hydroxyl groups excluding tert-OH is 3. The van der Waals surface area contributed by atoms with Gasteiger partial charge in [0.1, 0.15) is 6.10 Å². The van der Waals surface area contributed by atoms with E-state index in [9.17, 15) is 25.2 Å². The van der Waals surface area contributed by atoms with E-state index < -0.39 is 35.9 Å². The lowest BCUT2D eigenvalue weighted by Gasteiger charge is -2.38. The predicted molar refractivity (Wildman–Crippen MR) is 127 cm³/mol. The highest BCUT2D eigenvalue weighted by Crippen LogP contribution is 2.52. The van der Waals surface area contributed by atoms with E-state index in [-0.39, 0.29) is 23.8 Å². The zero-order chi connectivity index (χ0) is 23.9. The maximum absolute atomic E-state index is 13.6. The molecule has 4 rings (SSSR count). The second-order valence-electron chi connectivity index (χ2n) is 10.1. The molecule has 180 valence electrons. The van der Waals surface area contributed by atoms with Gasteiger partial charge in [-0.25, -0.2) is 0 Å². The van der Waals surface area contributed by atoms with Crippen LogP contribution in [0.15, 0.2) is 59.8 Å². The Morgan fingerprint density at radius 3 is 2.61 bits per heavy atom. The summed E-state index contributed by atoms with van der Waals surface area (Å²) in [5.41, 5.74) is 0.0559. The van der Waals surface area contributed by atoms with Gasteiger partial charge in [0.2, 0.25) is 5.91 Å². The van der Waals surface area contributed by atoms with Crippen LogP contribution < -0.4 is 0 Å². The molecule has 2 aliphatic heterocycles. The van der Waals surface area contributed by atoms with Gasteiger partial charge in [0.25, 0.3) is 0 Å². The van der Waals surface area contributed by atoms with Crippen LogP contribution in [0.2, 0.25) is 0 Å². The van der Waals surface area contributed by atoms with Crippen molar-refractivity contribution >= 4 is 5.91 Å². The molecule has 0 saturated carbocycles. The summed E-state index contributed by atoms with van der Waals surface area (Å²) in [6, 6.07) is -0.249. The van der Waals surface area contributed by atoms with E-state index in [2.05, 4.69) is 13.0 Å². The Morgan fingerprint density at radius 1 is 1.12 bits per heavy atom. The van der Waals surface area contributed by atoms with Crippen molar-refractivity contribution in [1.82, 2.24) is 4.90 Å². The SMILES string of the molecule is CCC/C=C/C[C@@H]1C[C@H](O)[C@@]2(O)[C@@H]3/C(C)=C/[C@H]4C=C[C@@H](O)[C@@H](O)[C@@H]4/C(C)=C/C=C\[C@@H]3C(=O)N12. The number of hydrogen-bond acceptors (Lipinski definition) is 5. The Hall–Kier alpha value is -1.99. The minimum absolute atomic E-state index is 0.158. The van der Waals surface area contributed by atoms with Crippen molar-refractivity contribution in [2.45, 2.75) is 76.5 Å². The Balaban J connectivity index is 1.75. The van der Waals surface area contributed by atoms with E-state index in [1.165, 1.54) is 4.90 Å². The lowest BCUT2D eigenvalue weighted by atomic mass is 9.72. The predicted octanol–water partition coefficient (Wildman–Crippen LogP) is 2.62. The van der Waals surface area contributed by atoms with Crippen molar-refractivity contribution in [3.05, 3.63) is 59.8 Å². The highest BCUT2D eigenvalue weighted by molar-refractivity contribution is 5.86. The summed E-state index contributed by atoms with van der Waals surface area (Å²) >= 11 is 0. The first-order chi connectivity index (χ1) is 15.7. The minimum atomic E-state index is -1.67. The number of unbranched alkanes of at least 4 members (excludes halogenated alkanes) is 1. The van der Waals surface area contributed by atoms with Crippen LogP contribution in [0.5, 0.6) is 0 Å². The van der Waals surface area contributed by atoms with E-state index in [0.29, 0.717) is 12.8 Å². The van der Waals surface area contributed by atoms with E-state index >= 15 is 0 Å².